The van der Waals surface area contributed by atoms with Gasteiger partial charge < -0.3 is 10.2 Å². The van der Waals surface area contributed by atoms with E-state index in [1.54, 1.807) is 12.1 Å². The maximum Gasteiger partial charge on any atom is 0.225 e. The average molecular weight is 404 g/mol. The maximum atomic E-state index is 13.0. The molecule has 1 atom stereocenters. The summed E-state index contributed by atoms with van der Waals surface area (Å²) < 4.78 is 13.0. The van der Waals surface area contributed by atoms with Crippen LogP contribution in [0.3, 0.4) is 0 Å². The molecule has 0 aliphatic carbocycles. The van der Waals surface area contributed by atoms with Crippen molar-refractivity contribution in [2.24, 2.45) is 5.92 Å². The third-order valence-electron chi connectivity index (χ3n) is 5.49. The summed E-state index contributed by atoms with van der Waals surface area (Å²) in [7, 11) is 0. The molecule has 2 heterocycles. The summed E-state index contributed by atoms with van der Waals surface area (Å²) in [5.41, 5.74) is 3.97. The number of amides is 1. The Morgan fingerprint density at radius 3 is 2.53 bits per heavy atom. The Hall–Kier alpha value is -3.28. The summed E-state index contributed by atoms with van der Waals surface area (Å²) in [6.07, 6.45) is 1.77. The van der Waals surface area contributed by atoms with E-state index in [1.165, 1.54) is 17.7 Å². The number of rotatable bonds is 5. The Balaban J connectivity index is 1.36. The molecule has 1 fully saturated rings. The third kappa shape index (κ3) is 4.82. The molecular weight excluding hydrogens is 379 g/mol. The van der Waals surface area contributed by atoms with Crippen LogP contribution in [0.25, 0.3) is 11.3 Å². The lowest BCUT2D eigenvalue weighted by molar-refractivity contribution is -0.125. The number of aromatic nitrogens is 2. The number of benzene rings is 2. The van der Waals surface area contributed by atoms with Crippen molar-refractivity contribution in [3.8, 4) is 11.3 Å². The molecule has 0 bridgehead atoms. The van der Waals surface area contributed by atoms with Crippen molar-refractivity contribution in [1.82, 2.24) is 15.5 Å². The summed E-state index contributed by atoms with van der Waals surface area (Å²) in [5, 5.41) is 11.8. The van der Waals surface area contributed by atoms with Crippen LogP contribution < -0.4 is 10.2 Å². The molecule has 154 valence electrons. The standard InChI is InChI=1S/C24H25FN4O/c1-17-4-8-19(9-5-17)22-12-13-23(28-27-22)29-14-2-3-20(16-29)24(30)26-15-18-6-10-21(25)11-7-18/h4-13,20H,2-3,14-16H2,1H3,(H,26,30). The molecule has 3 aromatic rings. The number of aryl methyl sites for hydroxylation is 1. The number of nitrogens with zero attached hydrogens (tertiary/aromatic N) is 3. The zero-order valence-corrected chi connectivity index (χ0v) is 17.0. The van der Waals surface area contributed by atoms with Crippen LogP contribution in [0.1, 0.15) is 24.0 Å². The third-order valence-corrected chi connectivity index (χ3v) is 5.49. The molecule has 0 saturated carbocycles. The molecular formula is C24H25FN4O. The summed E-state index contributed by atoms with van der Waals surface area (Å²) in [4.78, 5) is 14.8. The Kier molecular flexibility index (Phi) is 6.02. The summed E-state index contributed by atoms with van der Waals surface area (Å²) in [5.74, 6) is 0.440. The van der Waals surface area contributed by atoms with Gasteiger partial charge in [0.25, 0.3) is 0 Å². The molecule has 0 spiro atoms. The van der Waals surface area contributed by atoms with Crippen LogP contribution in [-0.2, 0) is 11.3 Å². The van der Waals surface area contributed by atoms with Gasteiger partial charge in [-0.05, 0) is 49.6 Å². The van der Waals surface area contributed by atoms with Crippen molar-refractivity contribution in [2.75, 3.05) is 18.0 Å². The molecule has 1 aromatic heterocycles. The minimum Gasteiger partial charge on any atom is -0.354 e. The van der Waals surface area contributed by atoms with Gasteiger partial charge in [0.05, 0.1) is 11.6 Å². The van der Waals surface area contributed by atoms with Gasteiger partial charge in [0, 0.05) is 25.2 Å². The van der Waals surface area contributed by atoms with Crippen LogP contribution in [0.5, 0.6) is 0 Å². The first-order chi connectivity index (χ1) is 14.6. The first-order valence-electron chi connectivity index (χ1n) is 10.3. The van der Waals surface area contributed by atoms with Gasteiger partial charge in [-0.15, -0.1) is 10.2 Å². The molecule has 6 heteroatoms. The molecule has 1 unspecified atom stereocenters. The first kappa shape index (κ1) is 20.0. The van der Waals surface area contributed by atoms with Crippen LogP contribution in [-0.4, -0.2) is 29.2 Å². The molecule has 2 aromatic carbocycles. The van der Waals surface area contributed by atoms with E-state index in [-0.39, 0.29) is 17.6 Å². The number of hydrogen-bond acceptors (Lipinski definition) is 4. The quantitative estimate of drug-likeness (QED) is 0.695. The van der Waals surface area contributed by atoms with Crippen molar-refractivity contribution >= 4 is 11.7 Å². The van der Waals surface area contributed by atoms with Crippen molar-refractivity contribution in [3.63, 3.8) is 0 Å². The minimum atomic E-state index is -0.275. The van der Waals surface area contributed by atoms with E-state index in [9.17, 15) is 9.18 Å². The molecule has 1 aliphatic rings. The van der Waals surface area contributed by atoms with Crippen LogP contribution in [0.4, 0.5) is 10.2 Å². The normalized spacial score (nSPS) is 16.3. The highest BCUT2D eigenvalue weighted by atomic mass is 19.1. The second kappa shape index (κ2) is 9.03. The number of anilines is 1. The van der Waals surface area contributed by atoms with Crippen molar-refractivity contribution in [1.29, 1.82) is 0 Å². The molecule has 30 heavy (non-hydrogen) atoms. The maximum absolute atomic E-state index is 13.0. The number of piperidine rings is 1. The number of carbonyl (C=O) groups is 1. The van der Waals surface area contributed by atoms with E-state index >= 15 is 0 Å². The molecule has 1 aliphatic heterocycles. The highest BCUT2D eigenvalue weighted by Crippen LogP contribution is 2.23. The predicted molar refractivity (Wildman–Crippen MR) is 115 cm³/mol. The zero-order chi connectivity index (χ0) is 20.9. The van der Waals surface area contributed by atoms with Gasteiger partial charge in [0.1, 0.15) is 5.82 Å². The lowest BCUT2D eigenvalue weighted by Crippen LogP contribution is -2.43. The number of nitrogens with one attached hydrogen (secondary N) is 1. The second-order valence-corrected chi connectivity index (χ2v) is 7.77. The van der Waals surface area contributed by atoms with Gasteiger partial charge in [-0.3, -0.25) is 4.79 Å². The average Bonchev–Trinajstić information content (AvgIpc) is 2.79. The summed E-state index contributed by atoms with van der Waals surface area (Å²) in [6, 6.07) is 18.3. The highest BCUT2D eigenvalue weighted by molar-refractivity contribution is 5.79. The molecule has 1 N–H and O–H groups in total. The van der Waals surface area contributed by atoms with Gasteiger partial charge in [-0.25, -0.2) is 4.39 Å². The fourth-order valence-electron chi connectivity index (χ4n) is 3.71. The zero-order valence-electron chi connectivity index (χ0n) is 17.0. The van der Waals surface area contributed by atoms with E-state index in [0.717, 1.165) is 42.0 Å². The van der Waals surface area contributed by atoms with Gasteiger partial charge >= 0.3 is 0 Å². The van der Waals surface area contributed by atoms with Crippen molar-refractivity contribution < 1.29 is 9.18 Å². The molecule has 4 rings (SSSR count). The van der Waals surface area contributed by atoms with Gasteiger partial charge in [-0.2, -0.15) is 0 Å². The number of hydrogen-bond donors (Lipinski definition) is 1. The number of halogens is 1. The SMILES string of the molecule is Cc1ccc(-c2ccc(N3CCCC(C(=O)NCc4ccc(F)cc4)C3)nn2)cc1. The monoisotopic (exact) mass is 404 g/mol. The van der Waals surface area contributed by atoms with Crippen LogP contribution in [0.2, 0.25) is 0 Å². The van der Waals surface area contributed by atoms with E-state index in [0.29, 0.717) is 13.1 Å². The fourth-order valence-corrected chi connectivity index (χ4v) is 3.71. The minimum absolute atomic E-state index is 0.0215. The van der Waals surface area contributed by atoms with E-state index in [4.69, 9.17) is 0 Å². The Morgan fingerprint density at radius 2 is 1.83 bits per heavy atom. The van der Waals surface area contributed by atoms with Crippen LogP contribution in [0.15, 0.2) is 60.7 Å². The second-order valence-electron chi connectivity index (χ2n) is 7.77. The predicted octanol–water partition coefficient (Wildman–Crippen LogP) is 4.12. The Morgan fingerprint density at radius 1 is 1.07 bits per heavy atom. The van der Waals surface area contributed by atoms with Crippen LogP contribution >= 0.6 is 0 Å². The Bertz CT molecular complexity index is 987. The van der Waals surface area contributed by atoms with Crippen LogP contribution in [0, 0.1) is 18.7 Å². The van der Waals surface area contributed by atoms with Crippen molar-refractivity contribution in [2.45, 2.75) is 26.3 Å². The molecule has 1 saturated heterocycles. The van der Waals surface area contributed by atoms with E-state index in [1.807, 2.05) is 24.3 Å². The fraction of sp³-hybridized carbons (Fsp3) is 0.292. The number of carbonyl (C=O) groups excluding carboxylic acids is 1. The highest BCUT2D eigenvalue weighted by Gasteiger charge is 2.26. The van der Waals surface area contributed by atoms with Gasteiger partial charge in [-0.1, -0.05) is 42.0 Å². The topological polar surface area (TPSA) is 58.1 Å². The lowest BCUT2D eigenvalue weighted by atomic mass is 9.97. The summed E-state index contributed by atoms with van der Waals surface area (Å²) in [6.45, 7) is 3.94. The van der Waals surface area contributed by atoms with Gasteiger partial charge in [0.15, 0.2) is 5.82 Å². The smallest absolute Gasteiger partial charge is 0.225 e. The molecule has 0 radical (unpaired) electrons. The van der Waals surface area contributed by atoms with E-state index < -0.39 is 0 Å². The first-order valence-corrected chi connectivity index (χ1v) is 10.3. The Labute approximate surface area is 176 Å². The molecule has 5 nitrogen and oxygen atoms in total. The lowest BCUT2D eigenvalue weighted by Gasteiger charge is -2.32. The molecule has 1 amide bonds. The van der Waals surface area contributed by atoms with Gasteiger partial charge in [0.2, 0.25) is 5.91 Å². The summed E-state index contributed by atoms with van der Waals surface area (Å²) >= 11 is 0. The largest absolute Gasteiger partial charge is 0.354 e. The van der Waals surface area contributed by atoms with E-state index in [2.05, 4.69) is 39.5 Å². The van der Waals surface area contributed by atoms with Crippen molar-refractivity contribution in [3.05, 3.63) is 77.6 Å².